The predicted molar refractivity (Wildman–Crippen MR) is 80.0 cm³/mol. The van der Waals surface area contributed by atoms with Crippen LogP contribution in [0.25, 0.3) is 10.9 Å². The number of likely N-dealkylation sites (N-methyl/N-ethyl adjacent to an activating group) is 1. The van der Waals surface area contributed by atoms with E-state index in [9.17, 15) is 4.79 Å². The topological polar surface area (TPSA) is 62.5 Å². The molecule has 2 aromatic rings. The Hall–Kier alpha value is -2.14. The number of aromatic nitrogens is 1. The van der Waals surface area contributed by atoms with Crippen LogP contribution in [0.4, 0.5) is 5.82 Å². The van der Waals surface area contributed by atoms with E-state index in [0.29, 0.717) is 11.4 Å². The van der Waals surface area contributed by atoms with Gasteiger partial charge in [0.15, 0.2) is 0 Å². The Bertz CT molecular complexity index is 647. The normalized spacial score (nSPS) is 16.6. The van der Waals surface area contributed by atoms with E-state index < -0.39 is 5.91 Å². The summed E-state index contributed by atoms with van der Waals surface area (Å²) in [5, 5.41) is 0.944. The number of piperazine rings is 1. The molecule has 0 radical (unpaired) electrons. The molecule has 5 nitrogen and oxygen atoms in total. The zero-order valence-electron chi connectivity index (χ0n) is 11.5. The summed E-state index contributed by atoms with van der Waals surface area (Å²) >= 11 is 0. The molecule has 20 heavy (non-hydrogen) atoms. The van der Waals surface area contributed by atoms with E-state index in [1.807, 2.05) is 30.3 Å². The van der Waals surface area contributed by atoms with Gasteiger partial charge < -0.3 is 15.5 Å². The molecule has 2 heterocycles. The van der Waals surface area contributed by atoms with E-state index in [1.165, 1.54) is 0 Å². The number of nitrogens with zero attached hydrogens (tertiary/aromatic N) is 3. The van der Waals surface area contributed by atoms with E-state index in [4.69, 9.17) is 5.73 Å². The molecule has 1 saturated heterocycles. The fraction of sp³-hybridized carbons (Fsp3) is 0.333. The number of hydrogen-bond acceptors (Lipinski definition) is 4. The van der Waals surface area contributed by atoms with Crippen molar-refractivity contribution in [1.29, 1.82) is 0 Å². The zero-order valence-corrected chi connectivity index (χ0v) is 11.5. The van der Waals surface area contributed by atoms with Crippen LogP contribution in [0.15, 0.2) is 30.3 Å². The van der Waals surface area contributed by atoms with Crippen molar-refractivity contribution in [2.45, 2.75) is 0 Å². The van der Waals surface area contributed by atoms with E-state index in [-0.39, 0.29) is 0 Å². The smallest absolute Gasteiger partial charge is 0.252 e. The zero-order chi connectivity index (χ0) is 14.1. The number of anilines is 1. The van der Waals surface area contributed by atoms with Crippen molar-refractivity contribution in [1.82, 2.24) is 9.88 Å². The van der Waals surface area contributed by atoms with Crippen LogP contribution in [0, 0.1) is 0 Å². The van der Waals surface area contributed by atoms with Crippen LogP contribution < -0.4 is 10.6 Å². The standard InChI is InChI=1S/C15H18N4O/c1-18-6-8-19(9-7-18)15-12(14(16)20)10-11-4-2-3-5-13(11)17-15/h2-5,10H,6-9H2,1H3,(H2,16,20). The maximum absolute atomic E-state index is 11.7. The van der Waals surface area contributed by atoms with E-state index in [2.05, 4.69) is 21.8 Å². The molecule has 0 saturated carbocycles. The van der Waals surface area contributed by atoms with E-state index in [1.54, 1.807) is 0 Å². The third kappa shape index (κ3) is 2.32. The van der Waals surface area contributed by atoms with E-state index in [0.717, 1.165) is 37.1 Å². The average molecular weight is 270 g/mol. The van der Waals surface area contributed by atoms with Gasteiger partial charge in [-0.15, -0.1) is 0 Å². The highest BCUT2D eigenvalue weighted by molar-refractivity contribution is 6.01. The number of fused-ring (bicyclic) bond motifs is 1. The van der Waals surface area contributed by atoms with Gasteiger partial charge in [0.25, 0.3) is 5.91 Å². The van der Waals surface area contributed by atoms with Crippen LogP contribution in [0.1, 0.15) is 10.4 Å². The van der Waals surface area contributed by atoms with Crippen molar-refractivity contribution in [3.05, 3.63) is 35.9 Å². The predicted octanol–water partition coefficient (Wildman–Crippen LogP) is 1.09. The van der Waals surface area contributed by atoms with Crippen molar-refractivity contribution < 1.29 is 4.79 Å². The summed E-state index contributed by atoms with van der Waals surface area (Å²) in [6.07, 6.45) is 0. The molecule has 0 aliphatic carbocycles. The molecule has 1 aromatic heterocycles. The Morgan fingerprint density at radius 3 is 2.60 bits per heavy atom. The number of pyridine rings is 1. The van der Waals surface area contributed by atoms with Crippen LogP contribution in [0.3, 0.4) is 0 Å². The molecule has 0 atom stereocenters. The summed E-state index contributed by atoms with van der Waals surface area (Å²) in [7, 11) is 2.10. The summed E-state index contributed by atoms with van der Waals surface area (Å²) < 4.78 is 0. The molecule has 2 N–H and O–H groups in total. The lowest BCUT2D eigenvalue weighted by molar-refractivity contribution is 0.100. The molecule has 5 heteroatoms. The Morgan fingerprint density at radius 1 is 1.20 bits per heavy atom. The molecule has 1 fully saturated rings. The number of carbonyl (C=O) groups excluding carboxylic acids is 1. The first-order chi connectivity index (χ1) is 9.65. The van der Waals surface area contributed by atoms with Crippen molar-refractivity contribution in [2.75, 3.05) is 38.1 Å². The first-order valence-corrected chi connectivity index (χ1v) is 6.78. The van der Waals surface area contributed by atoms with Gasteiger partial charge in [0.1, 0.15) is 5.82 Å². The Balaban J connectivity index is 2.07. The summed E-state index contributed by atoms with van der Waals surface area (Å²) in [4.78, 5) is 20.8. The largest absolute Gasteiger partial charge is 0.365 e. The maximum atomic E-state index is 11.7. The Kier molecular flexibility index (Phi) is 3.28. The fourth-order valence-corrected chi connectivity index (χ4v) is 2.55. The van der Waals surface area contributed by atoms with Crippen molar-refractivity contribution in [2.24, 2.45) is 5.73 Å². The number of primary amides is 1. The van der Waals surface area contributed by atoms with Crippen LogP contribution in [-0.4, -0.2) is 49.0 Å². The Morgan fingerprint density at radius 2 is 1.90 bits per heavy atom. The third-order valence-corrected chi connectivity index (χ3v) is 3.77. The summed E-state index contributed by atoms with van der Waals surface area (Å²) in [6, 6.07) is 9.64. The first kappa shape index (κ1) is 12.9. The minimum Gasteiger partial charge on any atom is -0.365 e. The van der Waals surface area contributed by atoms with Crippen molar-refractivity contribution in [3.63, 3.8) is 0 Å². The number of nitrogens with two attached hydrogens (primary N) is 1. The number of benzene rings is 1. The minimum atomic E-state index is -0.419. The van der Waals surface area contributed by atoms with Gasteiger partial charge >= 0.3 is 0 Å². The molecule has 1 aromatic carbocycles. The molecule has 1 amide bonds. The second-order valence-corrected chi connectivity index (χ2v) is 5.21. The molecule has 0 unspecified atom stereocenters. The molecule has 1 aliphatic heterocycles. The highest BCUT2D eigenvalue weighted by Crippen LogP contribution is 2.24. The van der Waals surface area contributed by atoms with Gasteiger partial charge in [0, 0.05) is 31.6 Å². The number of para-hydroxylation sites is 1. The lowest BCUT2D eigenvalue weighted by Gasteiger charge is -2.34. The third-order valence-electron chi connectivity index (χ3n) is 3.77. The lowest BCUT2D eigenvalue weighted by atomic mass is 10.1. The molecule has 1 aliphatic rings. The number of carbonyl (C=O) groups is 1. The Labute approximate surface area is 118 Å². The number of amides is 1. The summed E-state index contributed by atoms with van der Waals surface area (Å²) in [5.74, 6) is 0.293. The minimum absolute atomic E-state index is 0.419. The number of rotatable bonds is 2. The SMILES string of the molecule is CN1CCN(c2nc3ccccc3cc2C(N)=O)CC1. The van der Waals surface area contributed by atoms with Gasteiger partial charge in [0.2, 0.25) is 0 Å². The highest BCUT2D eigenvalue weighted by atomic mass is 16.1. The van der Waals surface area contributed by atoms with E-state index >= 15 is 0 Å². The van der Waals surface area contributed by atoms with Gasteiger partial charge in [-0.1, -0.05) is 18.2 Å². The second-order valence-electron chi connectivity index (χ2n) is 5.21. The first-order valence-electron chi connectivity index (χ1n) is 6.78. The average Bonchev–Trinajstić information content (AvgIpc) is 2.46. The maximum Gasteiger partial charge on any atom is 0.252 e. The fourth-order valence-electron chi connectivity index (χ4n) is 2.55. The van der Waals surface area contributed by atoms with Gasteiger partial charge in [0.05, 0.1) is 11.1 Å². The van der Waals surface area contributed by atoms with Crippen LogP contribution in [0.2, 0.25) is 0 Å². The molecular formula is C15H18N4O. The lowest BCUT2D eigenvalue weighted by Crippen LogP contribution is -2.45. The molecule has 3 rings (SSSR count). The monoisotopic (exact) mass is 270 g/mol. The quantitative estimate of drug-likeness (QED) is 0.887. The molecule has 104 valence electrons. The van der Waals surface area contributed by atoms with Gasteiger partial charge in [-0.2, -0.15) is 0 Å². The summed E-state index contributed by atoms with van der Waals surface area (Å²) in [5.41, 5.74) is 6.93. The second kappa shape index (κ2) is 5.09. The van der Waals surface area contributed by atoms with Gasteiger partial charge in [-0.05, 0) is 19.2 Å². The van der Waals surface area contributed by atoms with Crippen LogP contribution >= 0.6 is 0 Å². The van der Waals surface area contributed by atoms with Crippen LogP contribution in [-0.2, 0) is 0 Å². The molecule has 0 spiro atoms. The van der Waals surface area contributed by atoms with Crippen LogP contribution in [0.5, 0.6) is 0 Å². The highest BCUT2D eigenvalue weighted by Gasteiger charge is 2.21. The summed E-state index contributed by atoms with van der Waals surface area (Å²) in [6.45, 7) is 3.66. The molecule has 0 bridgehead atoms. The van der Waals surface area contributed by atoms with Crippen molar-refractivity contribution in [3.8, 4) is 0 Å². The number of hydrogen-bond donors (Lipinski definition) is 1. The van der Waals surface area contributed by atoms with Crippen molar-refractivity contribution >= 4 is 22.6 Å². The van der Waals surface area contributed by atoms with Gasteiger partial charge in [-0.3, -0.25) is 4.79 Å². The van der Waals surface area contributed by atoms with Gasteiger partial charge in [-0.25, -0.2) is 4.98 Å². The molecular weight excluding hydrogens is 252 g/mol.